The molecule has 6 heteroatoms. The molecule has 1 amide bonds. The number of aromatic nitrogens is 1. The lowest BCUT2D eigenvalue weighted by atomic mass is 10.1. The predicted octanol–water partition coefficient (Wildman–Crippen LogP) is 7.42. The van der Waals surface area contributed by atoms with Crippen molar-refractivity contribution in [1.29, 1.82) is 0 Å². The number of carbonyl (C=O) groups excluding carboxylic acids is 1. The van der Waals surface area contributed by atoms with Crippen molar-refractivity contribution >= 4 is 22.5 Å². The van der Waals surface area contributed by atoms with E-state index in [1.54, 1.807) is 42.5 Å². The van der Waals surface area contributed by atoms with Gasteiger partial charge >= 0.3 is 0 Å². The molecule has 0 saturated heterocycles. The number of benzene rings is 4. The van der Waals surface area contributed by atoms with Crippen LogP contribution in [0.2, 0.25) is 0 Å². The number of amides is 1. The van der Waals surface area contributed by atoms with Crippen LogP contribution in [-0.2, 0) is 13.2 Å². The monoisotopic (exact) mass is 496 g/mol. The summed E-state index contributed by atoms with van der Waals surface area (Å²) < 4.78 is 35.6. The summed E-state index contributed by atoms with van der Waals surface area (Å²) in [7, 11) is 0. The summed E-state index contributed by atoms with van der Waals surface area (Å²) in [6.45, 7) is 4.43. The molecule has 1 heterocycles. The Labute approximate surface area is 214 Å². The maximum absolute atomic E-state index is 14.1. The zero-order valence-electron chi connectivity index (χ0n) is 20.6. The molecule has 0 fully saturated rings. The first-order valence-corrected chi connectivity index (χ1v) is 12.0. The van der Waals surface area contributed by atoms with E-state index < -0.39 is 0 Å². The number of anilines is 1. The molecule has 1 N–H and O–H groups in total. The standard InChI is InChI=1S/C31H26F2N2O2/c1-20-10-15-25(16-21(20)2)34-31(36)29-17-26-28(35(29)18-22-11-13-24(32)14-12-22)8-5-9-30(26)37-19-23-6-3-4-7-27(23)33/h3-17H,18-19H2,1-2H3,(H,34,36). The van der Waals surface area contributed by atoms with E-state index in [1.165, 1.54) is 18.2 Å². The van der Waals surface area contributed by atoms with Crippen LogP contribution in [0.25, 0.3) is 10.9 Å². The highest BCUT2D eigenvalue weighted by Crippen LogP contribution is 2.31. The number of halogens is 2. The quantitative estimate of drug-likeness (QED) is 0.255. The van der Waals surface area contributed by atoms with Crippen LogP contribution in [0.1, 0.15) is 32.7 Å². The normalized spacial score (nSPS) is 11.0. The van der Waals surface area contributed by atoms with Gasteiger partial charge < -0.3 is 14.6 Å². The highest BCUT2D eigenvalue weighted by molar-refractivity contribution is 6.07. The number of hydrogen-bond donors (Lipinski definition) is 1. The third-order valence-corrected chi connectivity index (χ3v) is 6.50. The Hall–Kier alpha value is -4.45. The minimum absolute atomic E-state index is 0.0547. The Kier molecular flexibility index (Phi) is 6.73. The van der Waals surface area contributed by atoms with Gasteiger partial charge in [-0.25, -0.2) is 8.78 Å². The zero-order valence-corrected chi connectivity index (χ0v) is 20.6. The lowest BCUT2D eigenvalue weighted by Crippen LogP contribution is -2.17. The van der Waals surface area contributed by atoms with Gasteiger partial charge in [0.25, 0.3) is 5.91 Å². The lowest BCUT2D eigenvalue weighted by Gasteiger charge is -2.13. The third-order valence-electron chi connectivity index (χ3n) is 6.50. The van der Waals surface area contributed by atoms with E-state index in [4.69, 9.17) is 4.74 Å². The fourth-order valence-electron chi connectivity index (χ4n) is 4.30. The van der Waals surface area contributed by atoms with Gasteiger partial charge in [0.1, 0.15) is 29.7 Å². The second kappa shape index (κ2) is 10.3. The van der Waals surface area contributed by atoms with Gasteiger partial charge in [-0.2, -0.15) is 0 Å². The van der Waals surface area contributed by atoms with E-state index in [2.05, 4.69) is 5.32 Å². The topological polar surface area (TPSA) is 43.3 Å². The number of ether oxygens (including phenoxy) is 1. The molecule has 0 aliphatic heterocycles. The fourth-order valence-corrected chi connectivity index (χ4v) is 4.30. The first-order valence-electron chi connectivity index (χ1n) is 12.0. The van der Waals surface area contributed by atoms with Crippen molar-refractivity contribution in [3.05, 3.63) is 131 Å². The Morgan fingerprint density at radius 1 is 0.865 bits per heavy atom. The molecule has 4 aromatic carbocycles. The van der Waals surface area contributed by atoms with Gasteiger partial charge in [0, 0.05) is 23.2 Å². The molecule has 5 rings (SSSR count). The number of hydrogen-bond acceptors (Lipinski definition) is 2. The van der Waals surface area contributed by atoms with Crippen LogP contribution in [0.4, 0.5) is 14.5 Å². The molecule has 1 aromatic heterocycles. The molecule has 0 radical (unpaired) electrons. The summed E-state index contributed by atoms with van der Waals surface area (Å²) >= 11 is 0. The summed E-state index contributed by atoms with van der Waals surface area (Å²) in [6, 6.07) is 25.8. The van der Waals surface area contributed by atoms with Crippen molar-refractivity contribution in [2.45, 2.75) is 27.0 Å². The molecule has 0 bridgehead atoms. The van der Waals surface area contributed by atoms with Gasteiger partial charge in [-0.05, 0) is 79.1 Å². The Bertz CT molecular complexity index is 1590. The molecule has 0 saturated carbocycles. The molecule has 4 nitrogen and oxygen atoms in total. The second-order valence-electron chi connectivity index (χ2n) is 9.06. The number of nitrogens with zero attached hydrogens (tertiary/aromatic N) is 1. The maximum atomic E-state index is 14.1. The van der Waals surface area contributed by atoms with Crippen LogP contribution in [0.3, 0.4) is 0 Å². The van der Waals surface area contributed by atoms with Crippen molar-refractivity contribution in [1.82, 2.24) is 4.57 Å². The van der Waals surface area contributed by atoms with E-state index in [0.29, 0.717) is 29.2 Å². The number of fused-ring (bicyclic) bond motifs is 1. The summed E-state index contributed by atoms with van der Waals surface area (Å²) in [4.78, 5) is 13.5. The predicted molar refractivity (Wildman–Crippen MR) is 142 cm³/mol. The fraction of sp³-hybridized carbons (Fsp3) is 0.129. The molecular formula is C31H26F2N2O2. The summed E-state index contributed by atoms with van der Waals surface area (Å²) in [5.74, 6) is -0.393. The summed E-state index contributed by atoms with van der Waals surface area (Å²) in [5.41, 5.74) is 5.41. The molecule has 0 aliphatic rings. The number of aryl methyl sites for hydroxylation is 2. The van der Waals surface area contributed by atoms with Crippen LogP contribution >= 0.6 is 0 Å². The van der Waals surface area contributed by atoms with Crippen LogP contribution in [0.15, 0.2) is 91.0 Å². The summed E-state index contributed by atoms with van der Waals surface area (Å²) in [6.07, 6.45) is 0. The molecule has 0 spiro atoms. The number of nitrogens with one attached hydrogen (secondary N) is 1. The number of carbonyl (C=O) groups is 1. The lowest BCUT2D eigenvalue weighted by molar-refractivity contribution is 0.101. The average Bonchev–Trinajstić information content (AvgIpc) is 3.26. The minimum atomic E-state index is -0.336. The maximum Gasteiger partial charge on any atom is 0.272 e. The molecule has 186 valence electrons. The van der Waals surface area contributed by atoms with Crippen LogP contribution in [0, 0.1) is 25.5 Å². The molecule has 0 aliphatic carbocycles. The Morgan fingerprint density at radius 3 is 2.41 bits per heavy atom. The van der Waals surface area contributed by atoms with Gasteiger partial charge in [0.15, 0.2) is 0 Å². The molecule has 5 aromatic rings. The van der Waals surface area contributed by atoms with Gasteiger partial charge in [-0.15, -0.1) is 0 Å². The molecule has 0 atom stereocenters. The average molecular weight is 497 g/mol. The van der Waals surface area contributed by atoms with Gasteiger partial charge in [-0.3, -0.25) is 4.79 Å². The molecular weight excluding hydrogens is 470 g/mol. The minimum Gasteiger partial charge on any atom is -0.488 e. The van der Waals surface area contributed by atoms with Crippen LogP contribution < -0.4 is 10.1 Å². The smallest absolute Gasteiger partial charge is 0.272 e. The molecule has 37 heavy (non-hydrogen) atoms. The largest absolute Gasteiger partial charge is 0.488 e. The first kappa shape index (κ1) is 24.3. The zero-order chi connectivity index (χ0) is 25.9. The van der Waals surface area contributed by atoms with Crippen LogP contribution in [0.5, 0.6) is 5.75 Å². The van der Waals surface area contributed by atoms with E-state index in [9.17, 15) is 13.6 Å². The van der Waals surface area contributed by atoms with Crippen molar-refractivity contribution in [3.8, 4) is 5.75 Å². The van der Waals surface area contributed by atoms with Crippen molar-refractivity contribution in [2.24, 2.45) is 0 Å². The first-order chi connectivity index (χ1) is 17.9. The van der Waals surface area contributed by atoms with Gasteiger partial charge in [-0.1, -0.05) is 42.5 Å². The SMILES string of the molecule is Cc1ccc(NC(=O)c2cc3c(OCc4ccccc4F)cccc3n2Cc2ccc(F)cc2)cc1C. The van der Waals surface area contributed by atoms with E-state index >= 15 is 0 Å². The number of rotatable bonds is 7. The third kappa shape index (κ3) is 5.23. The van der Waals surface area contributed by atoms with E-state index in [-0.39, 0.29) is 24.1 Å². The second-order valence-corrected chi connectivity index (χ2v) is 9.06. The Morgan fingerprint density at radius 2 is 1.65 bits per heavy atom. The highest BCUT2D eigenvalue weighted by Gasteiger charge is 2.19. The van der Waals surface area contributed by atoms with Crippen molar-refractivity contribution < 1.29 is 18.3 Å². The van der Waals surface area contributed by atoms with Gasteiger partial charge in [0.05, 0.1) is 5.52 Å². The van der Waals surface area contributed by atoms with E-state index in [1.807, 2.05) is 48.7 Å². The molecule has 0 unspecified atom stereocenters. The van der Waals surface area contributed by atoms with Crippen molar-refractivity contribution in [2.75, 3.05) is 5.32 Å². The van der Waals surface area contributed by atoms with E-state index in [0.717, 1.165) is 27.6 Å². The van der Waals surface area contributed by atoms with Crippen molar-refractivity contribution in [3.63, 3.8) is 0 Å². The summed E-state index contributed by atoms with van der Waals surface area (Å²) in [5, 5.41) is 3.73. The highest BCUT2D eigenvalue weighted by atomic mass is 19.1. The van der Waals surface area contributed by atoms with Gasteiger partial charge in [0.2, 0.25) is 0 Å². The Balaban J connectivity index is 1.53. The van der Waals surface area contributed by atoms with Crippen LogP contribution in [-0.4, -0.2) is 10.5 Å².